The zero-order valence-electron chi connectivity index (χ0n) is 17.4. The zero-order valence-corrected chi connectivity index (χ0v) is 18.2. The van der Waals surface area contributed by atoms with Crippen molar-refractivity contribution in [1.82, 2.24) is 0 Å². The summed E-state index contributed by atoms with van der Waals surface area (Å²) < 4.78 is 28.6. The van der Waals surface area contributed by atoms with Crippen molar-refractivity contribution in [3.05, 3.63) is 89.5 Å². The number of amides is 1. The Hall–Kier alpha value is -3.12. The molecule has 1 amide bonds. The fraction of sp³-hybridized carbons (Fsp3) is 0.240. The summed E-state index contributed by atoms with van der Waals surface area (Å²) in [6.45, 7) is 2.47. The molecule has 0 saturated heterocycles. The number of carbonyl (C=O) groups excluding carboxylic acids is 1. The number of sulfonamides is 1. The fourth-order valence-electron chi connectivity index (χ4n) is 4.67. The number of anilines is 2. The highest BCUT2D eigenvalue weighted by atomic mass is 32.2. The molecule has 3 aromatic carbocycles. The molecule has 0 fully saturated rings. The maximum atomic E-state index is 13.5. The van der Waals surface area contributed by atoms with E-state index in [-0.39, 0.29) is 16.8 Å². The first kappa shape index (κ1) is 19.8. The number of fused-ring (bicyclic) bond motifs is 2. The highest BCUT2D eigenvalue weighted by molar-refractivity contribution is 7.92. The molecule has 3 aromatic rings. The van der Waals surface area contributed by atoms with E-state index in [1.54, 1.807) is 35.2 Å². The standard InChI is InChI=1S/C25H24N2O3S/c1-18-16-21-17-22(13-14-24(21)27(18)25(28)20-9-3-2-4-10-20)31(29,30)26-15-7-11-19-8-5-6-12-23(19)26/h2-6,8-10,12-14,17-18H,7,11,15-16H2,1H3. The summed E-state index contributed by atoms with van der Waals surface area (Å²) in [4.78, 5) is 15.1. The molecule has 2 heterocycles. The molecule has 5 nitrogen and oxygen atoms in total. The van der Waals surface area contributed by atoms with Gasteiger partial charge in [0.05, 0.1) is 10.6 Å². The van der Waals surface area contributed by atoms with Gasteiger partial charge in [-0.15, -0.1) is 0 Å². The van der Waals surface area contributed by atoms with Crippen LogP contribution in [0, 0.1) is 0 Å². The second-order valence-electron chi connectivity index (χ2n) is 8.19. The molecule has 0 spiro atoms. The van der Waals surface area contributed by atoms with Crippen molar-refractivity contribution in [2.75, 3.05) is 15.7 Å². The third kappa shape index (κ3) is 3.31. The summed E-state index contributed by atoms with van der Waals surface area (Å²) in [5.74, 6) is -0.0626. The van der Waals surface area contributed by atoms with E-state index in [9.17, 15) is 13.2 Å². The van der Waals surface area contributed by atoms with Gasteiger partial charge in [0.1, 0.15) is 0 Å². The Kier molecular flexibility index (Phi) is 4.82. The maximum Gasteiger partial charge on any atom is 0.264 e. The van der Waals surface area contributed by atoms with Crippen LogP contribution in [0.15, 0.2) is 77.7 Å². The van der Waals surface area contributed by atoms with Gasteiger partial charge in [0.25, 0.3) is 15.9 Å². The average Bonchev–Trinajstić information content (AvgIpc) is 3.13. The lowest BCUT2D eigenvalue weighted by atomic mass is 10.0. The molecule has 31 heavy (non-hydrogen) atoms. The molecule has 6 heteroatoms. The van der Waals surface area contributed by atoms with Crippen LogP contribution < -0.4 is 9.21 Å². The van der Waals surface area contributed by atoms with Crippen LogP contribution in [-0.2, 0) is 22.9 Å². The molecule has 1 unspecified atom stereocenters. The van der Waals surface area contributed by atoms with Crippen LogP contribution in [0.2, 0.25) is 0 Å². The molecule has 0 aliphatic carbocycles. The van der Waals surface area contributed by atoms with Gasteiger partial charge in [-0.05, 0) is 73.7 Å². The lowest BCUT2D eigenvalue weighted by molar-refractivity contribution is 0.0981. The third-order valence-electron chi connectivity index (χ3n) is 6.16. The van der Waals surface area contributed by atoms with Crippen LogP contribution in [0.3, 0.4) is 0 Å². The van der Waals surface area contributed by atoms with Crippen LogP contribution in [0.5, 0.6) is 0 Å². The highest BCUT2D eigenvalue weighted by Crippen LogP contribution is 2.37. The molecule has 0 radical (unpaired) electrons. The van der Waals surface area contributed by atoms with Crippen LogP contribution in [-0.4, -0.2) is 26.9 Å². The number of para-hydroxylation sites is 1. The second kappa shape index (κ2) is 7.54. The van der Waals surface area contributed by atoms with E-state index >= 15 is 0 Å². The topological polar surface area (TPSA) is 57.7 Å². The number of aryl methyl sites for hydroxylation is 1. The van der Waals surface area contributed by atoms with Gasteiger partial charge < -0.3 is 4.90 Å². The smallest absolute Gasteiger partial charge is 0.264 e. The molecule has 0 N–H and O–H groups in total. The van der Waals surface area contributed by atoms with E-state index < -0.39 is 10.0 Å². The second-order valence-corrected chi connectivity index (χ2v) is 10.1. The summed E-state index contributed by atoms with van der Waals surface area (Å²) in [5.41, 5.74) is 4.14. The molecule has 0 aromatic heterocycles. The molecule has 0 saturated carbocycles. The number of benzene rings is 3. The summed E-state index contributed by atoms with van der Waals surface area (Å²) in [7, 11) is -3.67. The summed E-state index contributed by atoms with van der Waals surface area (Å²) in [5, 5.41) is 0. The fourth-order valence-corrected chi connectivity index (χ4v) is 6.27. The molecule has 158 valence electrons. The Morgan fingerprint density at radius 1 is 0.903 bits per heavy atom. The number of rotatable bonds is 3. The van der Waals surface area contributed by atoms with Gasteiger partial charge in [-0.25, -0.2) is 8.42 Å². The van der Waals surface area contributed by atoms with Crippen LogP contribution in [0.25, 0.3) is 0 Å². The van der Waals surface area contributed by atoms with E-state index in [0.717, 1.165) is 35.3 Å². The highest BCUT2D eigenvalue weighted by Gasteiger charge is 2.34. The van der Waals surface area contributed by atoms with E-state index in [1.165, 1.54) is 4.31 Å². The largest absolute Gasteiger partial charge is 0.305 e. The van der Waals surface area contributed by atoms with Gasteiger partial charge in [0.15, 0.2) is 0 Å². The third-order valence-corrected chi connectivity index (χ3v) is 7.97. The van der Waals surface area contributed by atoms with Crippen LogP contribution >= 0.6 is 0 Å². The molecule has 1 atom stereocenters. The molecular weight excluding hydrogens is 408 g/mol. The van der Waals surface area contributed by atoms with E-state index in [4.69, 9.17) is 0 Å². The Morgan fingerprint density at radius 3 is 2.45 bits per heavy atom. The van der Waals surface area contributed by atoms with Crippen molar-refractivity contribution >= 4 is 27.3 Å². The van der Waals surface area contributed by atoms with E-state index in [0.29, 0.717) is 18.5 Å². The summed E-state index contributed by atoms with van der Waals surface area (Å²) in [6.07, 6.45) is 2.33. The Morgan fingerprint density at radius 2 is 1.65 bits per heavy atom. The van der Waals surface area contributed by atoms with Gasteiger partial charge in [0.2, 0.25) is 0 Å². The Balaban J connectivity index is 1.51. The van der Waals surface area contributed by atoms with Gasteiger partial charge in [0, 0.05) is 23.8 Å². The first-order valence-electron chi connectivity index (χ1n) is 10.6. The Bertz CT molecular complexity index is 1250. The van der Waals surface area contributed by atoms with Crippen molar-refractivity contribution in [2.45, 2.75) is 37.1 Å². The minimum Gasteiger partial charge on any atom is -0.305 e. The zero-order chi connectivity index (χ0) is 21.6. The quantitative estimate of drug-likeness (QED) is 0.616. The average molecular weight is 433 g/mol. The van der Waals surface area contributed by atoms with E-state index in [1.807, 2.05) is 49.4 Å². The number of nitrogens with zero attached hydrogens (tertiary/aromatic N) is 2. The van der Waals surface area contributed by atoms with Crippen molar-refractivity contribution in [3.63, 3.8) is 0 Å². The predicted octanol–water partition coefficient (Wildman–Crippen LogP) is 4.42. The Labute approximate surface area is 183 Å². The van der Waals surface area contributed by atoms with Gasteiger partial charge in [-0.1, -0.05) is 36.4 Å². The molecule has 0 bridgehead atoms. The maximum absolute atomic E-state index is 13.5. The van der Waals surface area contributed by atoms with Crippen LogP contribution in [0.4, 0.5) is 11.4 Å². The van der Waals surface area contributed by atoms with Crippen molar-refractivity contribution in [1.29, 1.82) is 0 Å². The lowest BCUT2D eigenvalue weighted by Gasteiger charge is -2.30. The number of carbonyl (C=O) groups is 1. The number of hydrogen-bond donors (Lipinski definition) is 0. The molecule has 2 aliphatic rings. The predicted molar refractivity (Wildman–Crippen MR) is 122 cm³/mol. The monoisotopic (exact) mass is 432 g/mol. The number of hydrogen-bond acceptors (Lipinski definition) is 3. The normalized spacial score (nSPS) is 17.9. The summed E-state index contributed by atoms with van der Waals surface area (Å²) >= 11 is 0. The van der Waals surface area contributed by atoms with Gasteiger partial charge >= 0.3 is 0 Å². The first-order chi connectivity index (χ1) is 15.0. The van der Waals surface area contributed by atoms with Crippen molar-refractivity contribution in [3.8, 4) is 0 Å². The van der Waals surface area contributed by atoms with Crippen molar-refractivity contribution in [2.24, 2.45) is 0 Å². The van der Waals surface area contributed by atoms with Gasteiger partial charge in [-0.2, -0.15) is 0 Å². The lowest BCUT2D eigenvalue weighted by Crippen LogP contribution is -2.36. The van der Waals surface area contributed by atoms with Crippen LogP contribution in [0.1, 0.15) is 34.8 Å². The first-order valence-corrected chi connectivity index (χ1v) is 12.0. The minimum atomic E-state index is -3.67. The minimum absolute atomic E-state index is 0.0311. The molecular formula is C25H24N2O3S. The summed E-state index contributed by atoms with van der Waals surface area (Å²) in [6, 6.07) is 22.0. The SMILES string of the molecule is CC1Cc2cc(S(=O)(=O)N3CCCc4ccccc43)ccc2N1C(=O)c1ccccc1. The van der Waals surface area contributed by atoms with Gasteiger partial charge in [-0.3, -0.25) is 9.10 Å². The van der Waals surface area contributed by atoms with E-state index in [2.05, 4.69) is 0 Å². The molecule has 5 rings (SSSR count). The van der Waals surface area contributed by atoms with Crippen molar-refractivity contribution < 1.29 is 13.2 Å². The molecule has 2 aliphatic heterocycles.